The molecule has 5 nitrogen and oxygen atoms in total. The van der Waals surface area contributed by atoms with Gasteiger partial charge in [0, 0.05) is 12.2 Å². The summed E-state index contributed by atoms with van der Waals surface area (Å²) in [7, 11) is 0. The molecule has 0 saturated heterocycles. The third-order valence-electron chi connectivity index (χ3n) is 4.35. The SMILES string of the molecule is CCN(CC(=O)Nc1ccccc1OCCOc1ccccc1)c1ccccc1. The molecule has 0 aromatic heterocycles. The standard InChI is InChI=1S/C24H26N2O3/c1-2-26(20-11-5-3-6-12-20)19-24(27)25-22-15-9-10-16-23(22)29-18-17-28-21-13-7-4-8-14-21/h3-16H,2,17-19H2,1H3,(H,25,27). The Labute approximate surface area is 171 Å². The van der Waals surface area contributed by atoms with Gasteiger partial charge in [-0.15, -0.1) is 0 Å². The van der Waals surface area contributed by atoms with E-state index in [-0.39, 0.29) is 12.5 Å². The summed E-state index contributed by atoms with van der Waals surface area (Å²) < 4.78 is 11.5. The van der Waals surface area contributed by atoms with E-state index >= 15 is 0 Å². The summed E-state index contributed by atoms with van der Waals surface area (Å²) in [6, 6.07) is 26.9. The lowest BCUT2D eigenvalue weighted by atomic mass is 10.2. The molecule has 5 heteroatoms. The monoisotopic (exact) mass is 390 g/mol. The minimum Gasteiger partial charge on any atom is -0.490 e. The molecule has 150 valence electrons. The Kier molecular flexibility index (Phi) is 7.52. The zero-order valence-corrected chi connectivity index (χ0v) is 16.6. The van der Waals surface area contributed by atoms with Crippen molar-refractivity contribution in [1.29, 1.82) is 0 Å². The number of anilines is 2. The highest BCUT2D eigenvalue weighted by Gasteiger charge is 2.12. The van der Waals surface area contributed by atoms with Crippen LogP contribution in [0.2, 0.25) is 0 Å². The zero-order valence-electron chi connectivity index (χ0n) is 16.6. The van der Waals surface area contributed by atoms with Crippen molar-refractivity contribution < 1.29 is 14.3 Å². The second kappa shape index (κ2) is 10.8. The summed E-state index contributed by atoms with van der Waals surface area (Å²) in [5, 5.41) is 2.96. The minimum atomic E-state index is -0.0905. The number of carbonyl (C=O) groups excluding carboxylic acids is 1. The molecule has 1 N–H and O–H groups in total. The first-order valence-electron chi connectivity index (χ1n) is 9.76. The van der Waals surface area contributed by atoms with E-state index < -0.39 is 0 Å². The number of benzene rings is 3. The Balaban J connectivity index is 1.53. The quantitative estimate of drug-likeness (QED) is 0.514. The number of carbonyl (C=O) groups is 1. The van der Waals surface area contributed by atoms with E-state index in [0.29, 0.717) is 24.7 Å². The van der Waals surface area contributed by atoms with Gasteiger partial charge in [-0.25, -0.2) is 0 Å². The third kappa shape index (κ3) is 6.28. The average Bonchev–Trinajstić information content (AvgIpc) is 2.77. The van der Waals surface area contributed by atoms with Gasteiger partial charge in [-0.1, -0.05) is 48.5 Å². The predicted molar refractivity (Wildman–Crippen MR) is 117 cm³/mol. The van der Waals surface area contributed by atoms with E-state index in [1.54, 1.807) is 0 Å². The Hall–Kier alpha value is -3.47. The molecule has 0 heterocycles. The smallest absolute Gasteiger partial charge is 0.243 e. The van der Waals surface area contributed by atoms with Crippen LogP contribution < -0.4 is 19.7 Å². The molecule has 29 heavy (non-hydrogen) atoms. The van der Waals surface area contributed by atoms with Gasteiger partial charge < -0.3 is 19.7 Å². The second-order valence-corrected chi connectivity index (χ2v) is 6.40. The number of amides is 1. The molecule has 0 saturated carbocycles. The van der Waals surface area contributed by atoms with E-state index in [4.69, 9.17) is 9.47 Å². The van der Waals surface area contributed by atoms with E-state index in [2.05, 4.69) is 5.32 Å². The molecule has 0 unspecified atom stereocenters. The molecule has 1 amide bonds. The first-order chi connectivity index (χ1) is 14.3. The van der Waals surface area contributed by atoms with Gasteiger partial charge in [0.2, 0.25) is 5.91 Å². The van der Waals surface area contributed by atoms with Crippen LogP contribution in [0.4, 0.5) is 11.4 Å². The first kappa shape index (κ1) is 20.3. The van der Waals surface area contributed by atoms with Crippen LogP contribution in [0.5, 0.6) is 11.5 Å². The summed E-state index contributed by atoms with van der Waals surface area (Å²) >= 11 is 0. The molecule has 0 bridgehead atoms. The van der Waals surface area contributed by atoms with Gasteiger partial charge in [0.15, 0.2) is 0 Å². The van der Waals surface area contributed by atoms with Gasteiger partial charge in [0.1, 0.15) is 24.7 Å². The first-order valence-corrected chi connectivity index (χ1v) is 9.76. The van der Waals surface area contributed by atoms with Crippen LogP contribution in [-0.2, 0) is 4.79 Å². The van der Waals surface area contributed by atoms with Gasteiger partial charge in [0.05, 0.1) is 12.2 Å². The van der Waals surface area contributed by atoms with Gasteiger partial charge in [0.25, 0.3) is 0 Å². The van der Waals surface area contributed by atoms with Crippen molar-refractivity contribution in [2.24, 2.45) is 0 Å². The fraction of sp³-hybridized carbons (Fsp3) is 0.208. The van der Waals surface area contributed by atoms with Crippen molar-refractivity contribution in [3.63, 3.8) is 0 Å². The third-order valence-corrected chi connectivity index (χ3v) is 4.35. The lowest BCUT2D eigenvalue weighted by molar-refractivity contribution is -0.115. The highest BCUT2D eigenvalue weighted by molar-refractivity contribution is 5.95. The number of ether oxygens (including phenoxy) is 2. The molecule has 0 aliphatic heterocycles. The number of nitrogens with one attached hydrogen (secondary N) is 1. The molecule has 0 fully saturated rings. The summed E-state index contributed by atoms with van der Waals surface area (Å²) in [6.07, 6.45) is 0. The average molecular weight is 390 g/mol. The van der Waals surface area contributed by atoms with Gasteiger partial charge >= 0.3 is 0 Å². The van der Waals surface area contributed by atoms with Crippen molar-refractivity contribution in [3.8, 4) is 11.5 Å². The Morgan fingerprint density at radius 1 is 0.828 bits per heavy atom. The molecule has 3 aromatic rings. The van der Waals surface area contributed by atoms with Crippen LogP contribution in [0.15, 0.2) is 84.9 Å². The molecule has 0 radical (unpaired) electrons. The summed E-state index contributed by atoms with van der Waals surface area (Å²) in [6.45, 7) is 3.85. The van der Waals surface area contributed by atoms with E-state index in [0.717, 1.165) is 18.0 Å². The van der Waals surface area contributed by atoms with Crippen molar-refractivity contribution >= 4 is 17.3 Å². The summed E-state index contributed by atoms with van der Waals surface area (Å²) in [5.41, 5.74) is 1.68. The molecule has 0 aliphatic carbocycles. The molecular formula is C24H26N2O3. The van der Waals surface area contributed by atoms with Crippen LogP contribution >= 0.6 is 0 Å². The minimum absolute atomic E-state index is 0.0905. The molecule has 0 atom stereocenters. The van der Waals surface area contributed by atoms with Gasteiger partial charge in [-0.3, -0.25) is 4.79 Å². The topological polar surface area (TPSA) is 50.8 Å². The second-order valence-electron chi connectivity index (χ2n) is 6.40. The van der Waals surface area contributed by atoms with Crippen molar-refractivity contribution in [2.45, 2.75) is 6.92 Å². The Morgan fingerprint density at radius 3 is 2.17 bits per heavy atom. The highest BCUT2D eigenvalue weighted by atomic mass is 16.5. The normalized spacial score (nSPS) is 10.2. The van der Waals surface area contributed by atoms with Gasteiger partial charge in [-0.2, -0.15) is 0 Å². The van der Waals surface area contributed by atoms with E-state index in [1.807, 2.05) is 96.8 Å². The van der Waals surface area contributed by atoms with E-state index in [9.17, 15) is 4.79 Å². The van der Waals surface area contributed by atoms with Crippen molar-refractivity contribution in [2.75, 3.05) is 36.5 Å². The molecule has 3 aromatic carbocycles. The van der Waals surface area contributed by atoms with Gasteiger partial charge in [-0.05, 0) is 43.3 Å². The van der Waals surface area contributed by atoms with Crippen molar-refractivity contribution in [1.82, 2.24) is 0 Å². The molecule has 3 rings (SSSR count). The maximum atomic E-state index is 12.6. The maximum Gasteiger partial charge on any atom is 0.243 e. The zero-order chi connectivity index (χ0) is 20.3. The number of likely N-dealkylation sites (N-methyl/N-ethyl adjacent to an activating group) is 1. The van der Waals surface area contributed by atoms with Crippen LogP contribution in [0.1, 0.15) is 6.92 Å². The lowest BCUT2D eigenvalue weighted by Gasteiger charge is -2.22. The Bertz CT molecular complexity index is 885. The van der Waals surface area contributed by atoms with E-state index in [1.165, 1.54) is 0 Å². The summed E-state index contributed by atoms with van der Waals surface area (Å²) in [5.74, 6) is 1.34. The van der Waals surface area contributed by atoms with Crippen LogP contribution in [0, 0.1) is 0 Å². The summed E-state index contributed by atoms with van der Waals surface area (Å²) in [4.78, 5) is 14.6. The fourth-order valence-electron chi connectivity index (χ4n) is 2.91. The lowest BCUT2D eigenvalue weighted by Crippen LogP contribution is -2.33. The molecule has 0 aliphatic rings. The highest BCUT2D eigenvalue weighted by Crippen LogP contribution is 2.24. The fourth-order valence-corrected chi connectivity index (χ4v) is 2.91. The number of rotatable bonds is 10. The largest absolute Gasteiger partial charge is 0.490 e. The van der Waals surface area contributed by atoms with Crippen LogP contribution in [0.3, 0.4) is 0 Å². The number of hydrogen-bond acceptors (Lipinski definition) is 4. The Morgan fingerprint density at radius 2 is 1.45 bits per heavy atom. The van der Waals surface area contributed by atoms with Crippen LogP contribution in [0.25, 0.3) is 0 Å². The van der Waals surface area contributed by atoms with Crippen molar-refractivity contribution in [3.05, 3.63) is 84.9 Å². The number of nitrogens with zero attached hydrogens (tertiary/aromatic N) is 1. The number of hydrogen-bond donors (Lipinski definition) is 1. The molecular weight excluding hydrogens is 364 g/mol. The molecule has 0 spiro atoms. The maximum absolute atomic E-state index is 12.6. The van der Waals surface area contributed by atoms with Crippen LogP contribution in [-0.4, -0.2) is 32.2 Å². The number of para-hydroxylation sites is 4. The predicted octanol–water partition coefficient (Wildman–Crippen LogP) is 4.61.